The summed E-state index contributed by atoms with van der Waals surface area (Å²) in [5.41, 5.74) is 0. The number of aromatic nitrogens is 1. The molecule has 0 aromatic carbocycles. The van der Waals surface area contributed by atoms with Crippen LogP contribution in [0.1, 0.15) is 5.76 Å². The number of nitrogens with one attached hydrogen (secondary N) is 1. The number of H-pyrrole nitrogens is 1. The Balaban J connectivity index is 2.19. The summed E-state index contributed by atoms with van der Waals surface area (Å²) in [6, 6.07) is 3.57. The summed E-state index contributed by atoms with van der Waals surface area (Å²) in [4.78, 5) is 17.2. The van der Waals surface area contributed by atoms with Crippen molar-refractivity contribution in [3.05, 3.63) is 40.0 Å². The van der Waals surface area contributed by atoms with Gasteiger partial charge in [-0.3, -0.25) is 4.79 Å². The quantitative estimate of drug-likeness (QED) is 0.741. The van der Waals surface area contributed by atoms with Gasteiger partial charge in [-0.15, -0.1) is 0 Å². The average Bonchev–Trinajstić information content (AvgIpc) is 2.71. The monoisotopic (exact) mass is 194 g/mol. The normalized spacial score (nSPS) is 11.1. The van der Waals surface area contributed by atoms with Crippen molar-refractivity contribution in [3.8, 4) is 0 Å². The highest BCUT2D eigenvalue weighted by molar-refractivity contribution is 7.13. The molecule has 0 aliphatic carbocycles. The molecule has 2 aromatic rings. The van der Waals surface area contributed by atoms with Gasteiger partial charge in [0.05, 0.1) is 12.5 Å². The van der Waals surface area contributed by atoms with Gasteiger partial charge in [0, 0.05) is 6.20 Å². The van der Waals surface area contributed by atoms with E-state index in [1.165, 1.54) is 0 Å². The molecule has 0 aliphatic heterocycles. The van der Waals surface area contributed by atoms with Crippen LogP contribution in [0.4, 0.5) is 5.00 Å². The van der Waals surface area contributed by atoms with Crippen LogP contribution in [0.3, 0.4) is 0 Å². The minimum Gasteiger partial charge on any atom is -0.463 e. The Hall–Kier alpha value is -1.62. The van der Waals surface area contributed by atoms with Gasteiger partial charge in [0.15, 0.2) is 0 Å². The van der Waals surface area contributed by atoms with Crippen molar-refractivity contribution < 1.29 is 4.42 Å². The summed E-state index contributed by atoms with van der Waals surface area (Å²) >= 11 is 1.06. The molecule has 5 heteroatoms. The Morgan fingerprint density at radius 3 is 3.15 bits per heavy atom. The molecule has 13 heavy (non-hydrogen) atoms. The van der Waals surface area contributed by atoms with E-state index in [1.807, 2.05) is 0 Å². The molecule has 1 N–H and O–H groups in total. The lowest BCUT2D eigenvalue weighted by molar-refractivity contribution is 0.560. The van der Waals surface area contributed by atoms with Crippen LogP contribution in [-0.4, -0.2) is 11.2 Å². The third-order valence-corrected chi connectivity index (χ3v) is 2.11. The first-order chi connectivity index (χ1) is 6.34. The lowest BCUT2D eigenvalue weighted by Crippen LogP contribution is -1.87. The van der Waals surface area contributed by atoms with Crippen molar-refractivity contribution in [2.45, 2.75) is 0 Å². The second-order valence-electron chi connectivity index (χ2n) is 2.29. The zero-order chi connectivity index (χ0) is 9.10. The Bertz CT molecular complexity index is 452. The molecule has 0 bridgehead atoms. The van der Waals surface area contributed by atoms with Crippen molar-refractivity contribution >= 4 is 22.6 Å². The number of furan rings is 1. The predicted octanol–water partition coefficient (Wildman–Crippen LogP) is 1.78. The SMILES string of the molecule is O=c1[nH]cc(/N=C/c2ccco2)s1. The first-order valence-electron chi connectivity index (χ1n) is 3.61. The standard InChI is InChI=1S/C8H6N2O2S/c11-8-10-5-7(13-8)9-4-6-2-1-3-12-6/h1-5H,(H,10,11)/b9-4+. The van der Waals surface area contributed by atoms with E-state index in [4.69, 9.17) is 4.42 Å². The third kappa shape index (κ3) is 1.94. The van der Waals surface area contributed by atoms with Crippen molar-refractivity contribution in [2.75, 3.05) is 0 Å². The van der Waals surface area contributed by atoms with E-state index in [0.717, 1.165) is 11.3 Å². The Morgan fingerprint density at radius 1 is 1.62 bits per heavy atom. The maximum absolute atomic E-state index is 10.7. The van der Waals surface area contributed by atoms with Gasteiger partial charge < -0.3 is 9.40 Å². The van der Waals surface area contributed by atoms with Gasteiger partial charge >= 0.3 is 4.87 Å². The molecule has 2 rings (SSSR count). The fourth-order valence-electron chi connectivity index (χ4n) is 0.830. The van der Waals surface area contributed by atoms with Crippen LogP contribution in [0.15, 0.2) is 38.8 Å². The second-order valence-corrected chi connectivity index (χ2v) is 3.28. The van der Waals surface area contributed by atoms with Crippen LogP contribution in [0.5, 0.6) is 0 Å². The molecule has 66 valence electrons. The summed E-state index contributed by atoms with van der Waals surface area (Å²) in [7, 11) is 0. The predicted molar refractivity (Wildman–Crippen MR) is 50.9 cm³/mol. The fraction of sp³-hybridized carbons (Fsp3) is 0. The molecule has 0 atom stereocenters. The maximum atomic E-state index is 10.7. The zero-order valence-electron chi connectivity index (χ0n) is 6.56. The van der Waals surface area contributed by atoms with E-state index in [0.29, 0.717) is 10.8 Å². The van der Waals surface area contributed by atoms with Crippen molar-refractivity contribution in [3.63, 3.8) is 0 Å². The average molecular weight is 194 g/mol. The van der Waals surface area contributed by atoms with Gasteiger partial charge in [-0.2, -0.15) is 0 Å². The van der Waals surface area contributed by atoms with Crippen LogP contribution in [0.25, 0.3) is 0 Å². The molecule has 0 saturated carbocycles. The van der Waals surface area contributed by atoms with Crippen LogP contribution in [0, 0.1) is 0 Å². The van der Waals surface area contributed by atoms with Gasteiger partial charge in [-0.25, -0.2) is 4.99 Å². The molecule has 0 fully saturated rings. The van der Waals surface area contributed by atoms with E-state index < -0.39 is 0 Å². The molecule has 0 unspecified atom stereocenters. The molecule has 0 radical (unpaired) electrons. The molecule has 0 spiro atoms. The van der Waals surface area contributed by atoms with E-state index in [2.05, 4.69) is 9.98 Å². The molecule has 0 amide bonds. The summed E-state index contributed by atoms with van der Waals surface area (Å²) < 4.78 is 5.03. The van der Waals surface area contributed by atoms with E-state index >= 15 is 0 Å². The summed E-state index contributed by atoms with van der Waals surface area (Å²) in [5, 5.41) is 0.640. The Labute approximate surface area is 77.6 Å². The van der Waals surface area contributed by atoms with Crippen molar-refractivity contribution in [1.82, 2.24) is 4.98 Å². The topological polar surface area (TPSA) is 58.4 Å². The van der Waals surface area contributed by atoms with Gasteiger partial charge in [0.1, 0.15) is 10.8 Å². The first kappa shape index (κ1) is 8.00. The second kappa shape index (κ2) is 3.40. The molecule has 4 nitrogen and oxygen atoms in total. The number of aliphatic imine (C=N–C) groups is 1. The van der Waals surface area contributed by atoms with Crippen molar-refractivity contribution in [2.24, 2.45) is 4.99 Å². The highest BCUT2D eigenvalue weighted by Gasteiger charge is 1.93. The van der Waals surface area contributed by atoms with Crippen LogP contribution in [-0.2, 0) is 0 Å². The Kier molecular flexibility index (Phi) is 2.09. The summed E-state index contributed by atoms with van der Waals surface area (Å²) in [6.45, 7) is 0. The molecule has 2 aromatic heterocycles. The highest BCUT2D eigenvalue weighted by atomic mass is 32.1. The number of nitrogens with zero attached hydrogens (tertiary/aromatic N) is 1. The van der Waals surface area contributed by atoms with Gasteiger partial charge in [-0.05, 0) is 12.1 Å². The van der Waals surface area contributed by atoms with Crippen LogP contribution >= 0.6 is 11.3 Å². The highest BCUT2D eigenvalue weighted by Crippen LogP contribution is 2.12. The van der Waals surface area contributed by atoms with Gasteiger partial charge in [-0.1, -0.05) is 11.3 Å². The number of aromatic amines is 1. The van der Waals surface area contributed by atoms with E-state index in [9.17, 15) is 4.79 Å². The van der Waals surface area contributed by atoms with E-state index in [-0.39, 0.29) is 4.87 Å². The third-order valence-electron chi connectivity index (χ3n) is 1.37. The number of rotatable bonds is 2. The molecule has 2 heterocycles. The first-order valence-corrected chi connectivity index (χ1v) is 4.42. The van der Waals surface area contributed by atoms with Gasteiger partial charge in [0.25, 0.3) is 0 Å². The summed E-state index contributed by atoms with van der Waals surface area (Å²) in [6.07, 6.45) is 4.70. The van der Waals surface area contributed by atoms with Crippen LogP contribution in [0.2, 0.25) is 0 Å². The minimum atomic E-state index is -0.105. The lowest BCUT2D eigenvalue weighted by atomic mass is 10.5. The lowest BCUT2D eigenvalue weighted by Gasteiger charge is -1.81. The molecule has 0 aliphatic rings. The zero-order valence-corrected chi connectivity index (χ0v) is 7.38. The number of hydrogen-bond acceptors (Lipinski definition) is 4. The maximum Gasteiger partial charge on any atom is 0.306 e. The largest absolute Gasteiger partial charge is 0.463 e. The van der Waals surface area contributed by atoms with Gasteiger partial charge in [0.2, 0.25) is 0 Å². The van der Waals surface area contributed by atoms with Crippen LogP contribution < -0.4 is 4.87 Å². The smallest absolute Gasteiger partial charge is 0.306 e. The minimum absolute atomic E-state index is 0.105. The number of hydrogen-bond donors (Lipinski definition) is 1. The van der Waals surface area contributed by atoms with E-state index in [1.54, 1.807) is 30.8 Å². The van der Waals surface area contributed by atoms with Crippen molar-refractivity contribution in [1.29, 1.82) is 0 Å². The molecule has 0 saturated heterocycles. The Morgan fingerprint density at radius 2 is 2.54 bits per heavy atom. The molecular weight excluding hydrogens is 188 g/mol. The number of thiazole rings is 1. The fourth-order valence-corrected chi connectivity index (χ4v) is 1.36. The summed E-state index contributed by atoms with van der Waals surface area (Å²) in [5.74, 6) is 0.667. The molecular formula is C8H6N2O2S.